The Morgan fingerprint density at radius 2 is 1.96 bits per heavy atom. The zero-order valence-electron chi connectivity index (χ0n) is 14.9. The predicted octanol–water partition coefficient (Wildman–Crippen LogP) is 3.95. The number of benzene rings is 1. The second-order valence-electron chi connectivity index (χ2n) is 6.75. The maximum Gasteiger partial charge on any atom is 0.246 e. The predicted molar refractivity (Wildman–Crippen MR) is 105 cm³/mol. The number of ether oxygens (including phenoxy) is 1. The van der Waals surface area contributed by atoms with Crippen LogP contribution in [0.5, 0.6) is 5.75 Å². The summed E-state index contributed by atoms with van der Waals surface area (Å²) in [4.78, 5) is 17.1. The molecular weight excluding hydrogens is 380 g/mol. The first kappa shape index (κ1) is 18.5. The topological polar surface area (TPSA) is 32.8 Å². The maximum atomic E-state index is 12.5. The number of carbonyl (C=O) groups excluding carboxylic acids is 1. The molecule has 0 aromatic heterocycles. The highest BCUT2D eigenvalue weighted by molar-refractivity contribution is 9.10. The van der Waals surface area contributed by atoms with Gasteiger partial charge in [0.15, 0.2) is 0 Å². The molecule has 0 spiro atoms. The summed E-state index contributed by atoms with van der Waals surface area (Å²) in [6.45, 7) is 6.24. The van der Waals surface area contributed by atoms with Crippen molar-refractivity contribution in [3.8, 4) is 5.75 Å². The van der Waals surface area contributed by atoms with Crippen molar-refractivity contribution in [2.75, 3.05) is 32.8 Å². The monoisotopic (exact) mass is 406 g/mol. The van der Waals surface area contributed by atoms with Crippen LogP contribution in [0.4, 0.5) is 0 Å². The molecule has 136 valence electrons. The maximum absolute atomic E-state index is 12.5. The van der Waals surface area contributed by atoms with E-state index >= 15 is 0 Å². The van der Waals surface area contributed by atoms with Gasteiger partial charge in [-0.25, -0.2) is 0 Å². The van der Waals surface area contributed by atoms with Crippen molar-refractivity contribution in [1.82, 2.24) is 9.80 Å². The van der Waals surface area contributed by atoms with Gasteiger partial charge in [-0.05, 0) is 44.0 Å². The van der Waals surface area contributed by atoms with Crippen LogP contribution in [0.15, 0.2) is 28.7 Å². The van der Waals surface area contributed by atoms with Crippen molar-refractivity contribution < 1.29 is 9.53 Å². The third-order valence-corrected chi connectivity index (χ3v) is 5.64. The second-order valence-corrected chi connectivity index (χ2v) is 7.66. The lowest BCUT2D eigenvalue weighted by molar-refractivity contribution is -0.127. The molecule has 1 aromatic rings. The van der Waals surface area contributed by atoms with Gasteiger partial charge < -0.3 is 9.64 Å². The summed E-state index contributed by atoms with van der Waals surface area (Å²) in [5.41, 5.74) is 0.925. The third-order valence-electron chi connectivity index (χ3n) is 5.14. The molecule has 1 amide bonds. The van der Waals surface area contributed by atoms with Gasteiger partial charge in [-0.15, -0.1) is 0 Å². The minimum Gasteiger partial charge on any atom is -0.493 e. The summed E-state index contributed by atoms with van der Waals surface area (Å²) in [5, 5.41) is 0. The first-order chi connectivity index (χ1) is 12.2. The zero-order valence-corrected chi connectivity index (χ0v) is 16.5. The molecule has 3 rings (SSSR count). The van der Waals surface area contributed by atoms with Crippen LogP contribution in [0, 0.1) is 0 Å². The molecule has 25 heavy (non-hydrogen) atoms. The van der Waals surface area contributed by atoms with E-state index in [9.17, 15) is 4.79 Å². The van der Waals surface area contributed by atoms with Gasteiger partial charge in [0.05, 0.1) is 6.61 Å². The molecule has 2 fully saturated rings. The van der Waals surface area contributed by atoms with Crippen molar-refractivity contribution in [1.29, 1.82) is 0 Å². The fourth-order valence-electron chi connectivity index (χ4n) is 3.78. The zero-order chi connectivity index (χ0) is 17.6. The molecule has 1 aromatic carbocycles. The van der Waals surface area contributed by atoms with Gasteiger partial charge in [0.25, 0.3) is 0 Å². The standard InChI is InChI=1S/C20H27BrN2O2/c1-2-25-19-9-8-17(21)15-16(19)7-10-20(24)23-13-11-22(12-14-23)18-5-3-4-6-18/h7-10,15,18H,2-6,11-14H2,1H3. The SMILES string of the molecule is CCOc1ccc(Br)cc1C=CC(=O)N1CCN(C2CCCC2)CC1. The Kier molecular flexibility index (Phi) is 6.54. The van der Waals surface area contributed by atoms with Crippen molar-refractivity contribution in [3.63, 3.8) is 0 Å². The lowest BCUT2D eigenvalue weighted by Crippen LogP contribution is -2.51. The number of hydrogen-bond donors (Lipinski definition) is 0. The fraction of sp³-hybridized carbons (Fsp3) is 0.550. The molecule has 1 saturated heterocycles. The molecule has 0 atom stereocenters. The van der Waals surface area contributed by atoms with Crippen LogP contribution < -0.4 is 4.74 Å². The molecule has 1 aliphatic heterocycles. The van der Waals surface area contributed by atoms with Crippen LogP contribution in [0.1, 0.15) is 38.2 Å². The fourth-order valence-corrected chi connectivity index (χ4v) is 4.16. The molecule has 5 heteroatoms. The van der Waals surface area contributed by atoms with Gasteiger partial charge in [-0.1, -0.05) is 28.8 Å². The molecule has 0 unspecified atom stereocenters. The Hall–Kier alpha value is -1.33. The molecule has 2 aliphatic rings. The van der Waals surface area contributed by atoms with E-state index in [1.165, 1.54) is 25.7 Å². The normalized spacial score (nSPS) is 19.7. The number of halogens is 1. The third kappa shape index (κ3) is 4.85. The van der Waals surface area contributed by atoms with Crippen LogP contribution in [0.3, 0.4) is 0 Å². The van der Waals surface area contributed by atoms with Gasteiger partial charge >= 0.3 is 0 Å². The van der Waals surface area contributed by atoms with Gasteiger partial charge in [0.2, 0.25) is 5.91 Å². The van der Waals surface area contributed by atoms with Crippen LogP contribution in [-0.2, 0) is 4.79 Å². The molecule has 0 bridgehead atoms. The van der Waals surface area contributed by atoms with Crippen LogP contribution >= 0.6 is 15.9 Å². The second kappa shape index (κ2) is 8.86. The van der Waals surface area contributed by atoms with Gasteiger partial charge in [0.1, 0.15) is 5.75 Å². The van der Waals surface area contributed by atoms with E-state index in [4.69, 9.17) is 4.74 Å². The number of amides is 1. The van der Waals surface area contributed by atoms with E-state index in [1.807, 2.05) is 36.1 Å². The Bertz CT molecular complexity index is 618. The lowest BCUT2D eigenvalue weighted by Gasteiger charge is -2.37. The molecular formula is C20H27BrN2O2. The number of rotatable bonds is 5. The van der Waals surface area contributed by atoms with Gasteiger partial charge in [-0.3, -0.25) is 9.69 Å². The molecule has 1 aliphatic carbocycles. The Labute approximate surface area is 159 Å². The van der Waals surface area contributed by atoms with Crippen LogP contribution in [0.2, 0.25) is 0 Å². The molecule has 0 N–H and O–H groups in total. The minimum atomic E-state index is 0.0912. The molecule has 0 radical (unpaired) electrons. The summed E-state index contributed by atoms with van der Waals surface area (Å²) < 4.78 is 6.62. The highest BCUT2D eigenvalue weighted by atomic mass is 79.9. The molecule has 1 saturated carbocycles. The summed E-state index contributed by atoms with van der Waals surface area (Å²) in [7, 11) is 0. The van der Waals surface area contributed by atoms with E-state index < -0.39 is 0 Å². The van der Waals surface area contributed by atoms with Crippen molar-refractivity contribution in [2.45, 2.75) is 38.6 Å². The van der Waals surface area contributed by atoms with E-state index in [2.05, 4.69) is 20.8 Å². The Balaban J connectivity index is 1.57. The number of carbonyl (C=O) groups is 1. The van der Waals surface area contributed by atoms with Crippen molar-refractivity contribution >= 4 is 27.9 Å². The largest absolute Gasteiger partial charge is 0.493 e. The van der Waals surface area contributed by atoms with Gasteiger partial charge in [-0.2, -0.15) is 0 Å². The van der Waals surface area contributed by atoms with Crippen molar-refractivity contribution in [3.05, 3.63) is 34.3 Å². The van der Waals surface area contributed by atoms with E-state index in [0.717, 1.165) is 48.0 Å². The van der Waals surface area contributed by atoms with E-state index in [-0.39, 0.29) is 5.91 Å². The summed E-state index contributed by atoms with van der Waals surface area (Å²) >= 11 is 3.48. The Morgan fingerprint density at radius 1 is 1.24 bits per heavy atom. The quantitative estimate of drug-likeness (QED) is 0.693. The first-order valence-corrected chi connectivity index (χ1v) is 10.1. The minimum absolute atomic E-state index is 0.0912. The first-order valence-electron chi connectivity index (χ1n) is 9.30. The van der Waals surface area contributed by atoms with Crippen LogP contribution in [0.25, 0.3) is 6.08 Å². The Morgan fingerprint density at radius 3 is 2.64 bits per heavy atom. The average molecular weight is 407 g/mol. The number of hydrogen-bond acceptors (Lipinski definition) is 3. The van der Waals surface area contributed by atoms with Crippen molar-refractivity contribution in [2.24, 2.45) is 0 Å². The van der Waals surface area contributed by atoms with E-state index in [0.29, 0.717) is 6.61 Å². The highest BCUT2D eigenvalue weighted by Crippen LogP contribution is 2.26. The summed E-state index contributed by atoms with van der Waals surface area (Å²) in [6, 6.07) is 6.61. The number of piperazine rings is 1. The highest BCUT2D eigenvalue weighted by Gasteiger charge is 2.27. The smallest absolute Gasteiger partial charge is 0.246 e. The average Bonchev–Trinajstić information content (AvgIpc) is 3.16. The lowest BCUT2D eigenvalue weighted by atomic mass is 10.1. The van der Waals surface area contributed by atoms with Crippen LogP contribution in [-0.4, -0.2) is 54.5 Å². The molecule has 1 heterocycles. The van der Waals surface area contributed by atoms with E-state index in [1.54, 1.807) is 6.08 Å². The summed E-state index contributed by atoms with van der Waals surface area (Å²) in [5.74, 6) is 0.897. The van der Waals surface area contributed by atoms with Gasteiger partial charge in [0, 0.05) is 48.3 Å². The molecule has 4 nitrogen and oxygen atoms in total. The number of nitrogens with zero attached hydrogens (tertiary/aromatic N) is 2. The summed E-state index contributed by atoms with van der Waals surface area (Å²) in [6.07, 6.45) is 8.92.